The van der Waals surface area contributed by atoms with Crippen LogP contribution in [-0.2, 0) is 4.79 Å². The van der Waals surface area contributed by atoms with Crippen molar-refractivity contribution in [3.63, 3.8) is 0 Å². The van der Waals surface area contributed by atoms with E-state index in [1.54, 1.807) is 13.8 Å². The Bertz CT molecular complexity index is 393. The zero-order valence-corrected chi connectivity index (χ0v) is 11.6. The normalized spacial score (nSPS) is 41.7. The molecule has 18 heavy (non-hydrogen) atoms. The third kappa shape index (κ3) is 1.76. The maximum atomic E-state index is 12.2. The molecular weight excluding hydrogens is 228 g/mol. The first-order chi connectivity index (χ1) is 8.11. The molecule has 2 fully saturated rings. The van der Waals surface area contributed by atoms with Crippen molar-refractivity contribution < 1.29 is 15.0 Å². The van der Waals surface area contributed by atoms with Gasteiger partial charge in [-0.1, -0.05) is 6.58 Å². The topological polar surface area (TPSA) is 57.5 Å². The Labute approximate surface area is 109 Å². The third-order valence-electron chi connectivity index (χ3n) is 5.30. The summed E-state index contributed by atoms with van der Waals surface area (Å²) in [5.74, 6) is 0.157. The van der Waals surface area contributed by atoms with Gasteiger partial charge in [0.25, 0.3) is 0 Å². The van der Waals surface area contributed by atoms with Crippen molar-refractivity contribution in [2.75, 3.05) is 0 Å². The van der Waals surface area contributed by atoms with Gasteiger partial charge in [-0.05, 0) is 57.9 Å². The Hall–Kier alpha value is -0.670. The SMILES string of the molecule is C=C1CCC(=O)[C@]2(C)CC[C@@H](C(C)(C)O)C[C@@]12O. The van der Waals surface area contributed by atoms with E-state index < -0.39 is 16.6 Å². The third-order valence-corrected chi connectivity index (χ3v) is 5.30. The van der Waals surface area contributed by atoms with E-state index in [9.17, 15) is 15.0 Å². The minimum Gasteiger partial charge on any atom is -0.390 e. The van der Waals surface area contributed by atoms with Gasteiger partial charge in [-0.2, -0.15) is 0 Å². The largest absolute Gasteiger partial charge is 0.390 e. The van der Waals surface area contributed by atoms with Crippen LogP contribution in [0.4, 0.5) is 0 Å². The average Bonchev–Trinajstić information content (AvgIpc) is 2.26. The van der Waals surface area contributed by atoms with E-state index in [1.165, 1.54) is 0 Å². The molecule has 0 radical (unpaired) electrons. The predicted octanol–water partition coefficient (Wildman–Crippen LogP) is 2.21. The molecule has 0 bridgehead atoms. The van der Waals surface area contributed by atoms with Crippen LogP contribution in [0.15, 0.2) is 12.2 Å². The second-order valence-corrected chi connectivity index (χ2v) is 6.81. The van der Waals surface area contributed by atoms with Crippen LogP contribution in [0, 0.1) is 11.3 Å². The van der Waals surface area contributed by atoms with E-state index in [4.69, 9.17) is 0 Å². The Balaban J connectivity index is 2.37. The number of rotatable bonds is 1. The number of hydrogen-bond donors (Lipinski definition) is 2. The standard InChI is InChI=1S/C15H24O3/c1-10-5-6-12(16)14(4)8-7-11(13(2,3)17)9-15(10,14)18/h11,17-18H,1,5-9H2,2-4H3/t11-,14+,15-/m1/s1. The lowest BCUT2D eigenvalue weighted by molar-refractivity contribution is -0.164. The minimum atomic E-state index is -1.13. The first kappa shape index (κ1) is 13.8. The van der Waals surface area contributed by atoms with Crippen molar-refractivity contribution >= 4 is 5.78 Å². The highest BCUT2D eigenvalue weighted by atomic mass is 16.3. The summed E-state index contributed by atoms with van der Waals surface area (Å²) in [6.07, 6.45) is 2.92. The van der Waals surface area contributed by atoms with Crippen molar-refractivity contribution in [1.82, 2.24) is 0 Å². The summed E-state index contributed by atoms with van der Waals surface area (Å²) >= 11 is 0. The quantitative estimate of drug-likeness (QED) is 0.703. The van der Waals surface area contributed by atoms with Gasteiger partial charge < -0.3 is 10.2 Å². The molecule has 2 N–H and O–H groups in total. The van der Waals surface area contributed by atoms with E-state index in [0.717, 1.165) is 12.0 Å². The van der Waals surface area contributed by atoms with E-state index >= 15 is 0 Å². The zero-order valence-electron chi connectivity index (χ0n) is 11.6. The molecular formula is C15H24O3. The summed E-state index contributed by atoms with van der Waals surface area (Å²) in [7, 11) is 0. The monoisotopic (exact) mass is 252 g/mol. The van der Waals surface area contributed by atoms with Crippen molar-refractivity contribution in [3.05, 3.63) is 12.2 Å². The first-order valence-electron chi connectivity index (χ1n) is 6.77. The van der Waals surface area contributed by atoms with Crippen LogP contribution in [0.25, 0.3) is 0 Å². The molecule has 0 spiro atoms. The Morgan fingerprint density at radius 1 is 1.39 bits per heavy atom. The van der Waals surface area contributed by atoms with Gasteiger partial charge in [-0.3, -0.25) is 4.79 Å². The molecule has 0 aliphatic heterocycles. The Morgan fingerprint density at radius 3 is 2.56 bits per heavy atom. The Kier molecular flexibility index (Phi) is 2.99. The minimum absolute atomic E-state index is 0.0122. The molecule has 102 valence electrons. The van der Waals surface area contributed by atoms with Crippen molar-refractivity contribution in [2.24, 2.45) is 11.3 Å². The lowest BCUT2D eigenvalue weighted by Gasteiger charge is -2.55. The van der Waals surface area contributed by atoms with Crippen LogP contribution in [0.2, 0.25) is 0 Å². The molecule has 0 aromatic heterocycles. The molecule has 2 aliphatic carbocycles. The van der Waals surface area contributed by atoms with E-state index in [1.807, 2.05) is 6.92 Å². The summed E-state index contributed by atoms with van der Waals surface area (Å²) in [6, 6.07) is 0. The van der Waals surface area contributed by atoms with Gasteiger partial charge in [0.2, 0.25) is 0 Å². The number of carbonyl (C=O) groups is 1. The fourth-order valence-corrected chi connectivity index (χ4v) is 3.61. The van der Waals surface area contributed by atoms with Gasteiger partial charge in [-0.15, -0.1) is 0 Å². The summed E-state index contributed by atoms with van der Waals surface area (Å²) in [4.78, 5) is 12.2. The van der Waals surface area contributed by atoms with Gasteiger partial charge in [-0.25, -0.2) is 0 Å². The van der Waals surface area contributed by atoms with E-state index in [0.29, 0.717) is 25.7 Å². The van der Waals surface area contributed by atoms with Crippen molar-refractivity contribution in [2.45, 2.75) is 64.1 Å². The Morgan fingerprint density at radius 2 is 2.00 bits per heavy atom. The van der Waals surface area contributed by atoms with E-state index in [-0.39, 0.29) is 11.7 Å². The van der Waals surface area contributed by atoms with Crippen LogP contribution in [0.3, 0.4) is 0 Å². The van der Waals surface area contributed by atoms with Crippen LogP contribution >= 0.6 is 0 Å². The summed E-state index contributed by atoms with van der Waals surface area (Å²) in [5.41, 5.74) is -1.90. The average molecular weight is 252 g/mol. The molecule has 0 unspecified atom stereocenters. The first-order valence-corrected chi connectivity index (χ1v) is 6.77. The maximum Gasteiger partial charge on any atom is 0.142 e. The zero-order chi connectivity index (χ0) is 13.8. The number of hydrogen-bond acceptors (Lipinski definition) is 3. The second kappa shape index (κ2) is 3.91. The fourth-order valence-electron chi connectivity index (χ4n) is 3.61. The van der Waals surface area contributed by atoms with Crippen LogP contribution < -0.4 is 0 Å². The van der Waals surface area contributed by atoms with Gasteiger partial charge in [0.1, 0.15) is 5.78 Å². The molecule has 3 atom stereocenters. The summed E-state index contributed by atoms with van der Waals surface area (Å²) in [5, 5.41) is 21.1. The number of ketones is 1. The fraction of sp³-hybridized carbons (Fsp3) is 0.800. The summed E-state index contributed by atoms with van der Waals surface area (Å²) in [6.45, 7) is 9.39. The molecule has 0 saturated heterocycles. The molecule has 2 saturated carbocycles. The smallest absolute Gasteiger partial charge is 0.142 e. The molecule has 0 aromatic rings. The number of aliphatic hydroxyl groups is 2. The van der Waals surface area contributed by atoms with Crippen molar-refractivity contribution in [3.8, 4) is 0 Å². The highest BCUT2D eigenvalue weighted by Crippen LogP contribution is 2.55. The molecule has 2 rings (SSSR count). The van der Waals surface area contributed by atoms with Crippen LogP contribution in [0.5, 0.6) is 0 Å². The number of Topliss-reactive ketones (excluding diaryl/α,β-unsaturated/α-hetero) is 1. The van der Waals surface area contributed by atoms with Crippen molar-refractivity contribution in [1.29, 1.82) is 0 Å². The predicted molar refractivity (Wildman–Crippen MR) is 70.1 cm³/mol. The molecule has 0 aromatic carbocycles. The van der Waals surface area contributed by atoms with Gasteiger partial charge >= 0.3 is 0 Å². The number of carbonyl (C=O) groups excluding carboxylic acids is 1. The molecule has 3 nitrogen and oxygen atoms in total. The lowest BCUT2D eigenvalue weighted by Crippen LogP contribution is -2.60. The highest BCUT2D eigenvalue weighted by Gasteiger charge is 2.59. The summed E-state index contributed by atoms with van der Waals surface area (Å²) < 4.78 is 0. The van der Waals surface area contributed by atoms with Gasteiger partial charge in [0.15, 0.2) is 0 Å². The van der Waals surface area contributed by atoms with Crippen LogP contribution in [0.1, 0.15) is 52.9 Å². The van der Waals surface area contributed by atoms with Crippen LogP contribution in [-0.4, -0.2) is 27.2 Å². The second-order valence-electron chi connectivity index (χ2n) is 6.81. The molecule has 0 amide bonds. The highest BCUT2D eigenvalue weighted by molar-refractivity contribution is 5.88. The van der Waals surface area contributed by atoms with Gasteiger partial charge in [0.05, 0.1) is 16.6 Å². The number of fused-ring (bicyclic) bond motifs is 1. The lowest BCUT2D eigenvalue weighted by atomic mass is 9.52. The van der Waals surface area contributed by atoms with E-state index in [2.05, 4.69) is 6.58 Å². The maximum absolute atomic E-state index is 12.2. The van der Waals surface area contributed by atoms with Gasteiger partial charge in [0, 0.05) is 6.42 Å². The molecule has 3 heteroatoms. The molecule has 0 heterocycles. The molecule has 2 aliphatic rings.